The Morgan fingerprint density at radius 2 is 1.79 bits per heavy atom. The van der Waals surface area contributed by atoms with Gasteiger partial charge in [-0.1, -0.05) is 30.3 Å². The minimum atomic E-state index is -4.54. The zero-order valence-electron chi connectivity index (χ0n) is 23.7. The van der Waals surface area contributed by atoms with E-state index in [1.54, 1.807) is 30.5 Å². The first-order valence-electron chi connectivity index (χ1n) is 14.2. The van der Waals surface area contributed by atoms with Crippen LogP contribution in [0, 0.1) is 0 Å². The van der Waals surface area contributed by atoms with Crippen molar-refractivity contribution in [3.63, 3.8) is 0 Å². The quantitative estimate of drug-likeness (QED) is 0.321. The third-order valence-corrected chi connectivity index (χ3v) is 7.92. The number of carbonyl (C=O) groups is 2. The van der Waals surface area contributed by atoms with Crippen molar-refractivity contribution < 1.29 is 32.6 Å². The van der Waals surface area contributed by atoms with Gasteiger partial charge in [0.1, 0.15) is 0 Å². The summed E-state index contributed by atoms with van der Waals surface area (Å²) in [6.07, 6.45) is -1.07. The third kappa shape index (κ3) is 7.63. The molecule has 0 radical (unpaired) electrons. The Morgan fingerprint density at radius 3 is 2.42 bits per heavy atom. The van der Waals surface area contributed by atoms with Crippen LogP contribution in [0.2, 0.25) is 0 Å². The second-order valence-electron chi connectivity index (χ2n) is 10.8. The summed E-state index contributed by atoms with van der Waals surface area (Å²) in [4.78, 5) is 33.0. The Morgan fingerprint density at radius 1 is 1.07 bits per heavy atom. The molecule has 0 bridgehead atoms. The molecular weight excluding hydrogens is 563 g/mol. The van der Waals surface area contributed by atoms with E-state index in [0.29, 0.717) is 22.8 Å². The molecule has 3 aromatic rings. The van der Waals surface area contributed by atoms with Crippen molar-refractivity contribution in [2.75, 3.05) is 44.2 Å². The van der Waals surface area contributed by atoms with Gasteiger partial charge in [-0.05, 0) is 53.8 Å². The number of anilines is 1. The molecule has 228 valence electrons. The van der Waals surface area contributed by atoms with Crippen molar-refractivity contribution in [1.29, 1.82) is 0 Å². The molecule has 0 saturated carbocycles. The van der Waals surface area contributed by atoms with Gasteiger partial charge in [-0.3, -0.25) is 14.7 Å². The van der Waals surface area contributed by atoms with Gasteiger partial charge in [0, 0.05) is 52.1 Å². The predicted octanol–water partition coefficient (Wildman–Crippen LogP) is 4.94. The fourth-order valence-electron chi connectivity index (χ4n) is 5.29. The molecular formula is C31H34F3N5O4. The Kier molecular flexibility index (Phi) is 9.16. The molecule has 2 fully saturated rings. The van der Waals surface area contributed by atoms with Crippen LogP contribution in [0.3, 0.4) is 0 Å². The molecule has 2 aliphatic rings. The summed E-state index contributed by atoms with van der Waals surface area (Å²) < 4.78 is 45.7. The van der Waals surface area contributed by atoms with E-state index < -0.39 is 23.9 Å². The monoisotopic (exact) mass is 597 g/mol. The lowest BCUT2D eigenvalue weighted by molar-refractivity contribution is -0.137. The van der Waals surface area contributed by atoms with Crippen LogP contribution in [0.25, 0.3) is 11.1 Å². The minimum Gasteiger partial charge on any atom is -0.465 e. The van der Waals surface area contributed by atoms with E-state index in [2.05, 4.69) is 25.4 Å². The molecule has 2 aliphatic heterocycles. The molecule has 2 saturated heterocycles. The fourth-order valence-corrected chi connectivity index (χ4v) is 5.29. The SMILES string of the molecule is C[C@@H](NC(=O)c1cncc(N2CCN(C[C@H]3CCO3)CC2)c1)c1ccc(-c2cc(C(F)(F)F)ccc2CNC(=O)O)cc1. The minimum absolute atomic E-state index is 0.144. The van der Waals surface area contributed by atoms with Crippen LogP contribution < -0.4 is 15.5 Å². The van der Waals surface area contributed by atoms with E-state index in [9.17, 15) is 22.8 Å². The van der Waals surface area contributed by atoms with Gasteiger partial charge in [-0.2, -0.15) is 13.2 Å². The number of nitrogens with one attached hydrogen (secondary N) is 2. The van der Waals surface area contributed by atoms with Crippen LogP contribution >= 0.6 is 0 Å². The molecule has 12 heteroatoms. The zero-order chi connectivity index (χ0) is 30.6. The molecule has 3 heterocycles. The van der Waals surface area contributed by atoms with Crippen molar-refractivity contribution in [2.24, 2.45) is 0 Å². The number of hydrogen-bond acceptors (Lipinski definition) is 6. The number of piperazine rings is 1. The molecule has 5 rings (SSSR count). The largest absolute Gasteiger partial charge is 0.465 e. The zero-order valence-corrected chi connectivity index (χ0v) is 23.7. The molecule has 9 nitrogen and oxygen atoms in total. The van der Waals surface area contributed by atoms with E-state index in [-0.39, 0.29) is 18.0 Å². The number of aromatic nitrogens is 1. The number of amides is 2. The first kappa shape index (κ1) is 30.3. The second-order valence-corrected chi connectivity index (χ2v) is 10.8. The number of carboxylic acid groups (broad SMARTS) is 1. The normalized spacial score (nSPS) is 18.0. The van der Waals surface area contributed by atoms with E-state index >= 15 is 0 Å². The predicted molar refractivity (Wildman–Crippen MR) is 155 cm³/mol. The number of nitrogens with zero attached hydrogens (tertiary/aromatic N) is 3. The van der Waals surface area contributed by atoms with E-state index in [1.165, 1.54) is 12.3 Å². The van der Waals surface area contributed by atoms with Crippen LogP contribution in [0.15, 0.2) is 60.9 Å². The van der Waals surface area contributed by atoms with Crippen LogP contribution in [-0.4, -0.2) is 72.4 Å². The highest BCUT2D eigenvalue weighted by molar-refractivity contribution is 5.95. The lowest BCUT2D eigenvalue weighted by Gasteiger charge is -2.39. The smallest absolute Gasteiger partial charge is 0.416 e. The number of rotatable bonds is 9. The molecule has 0 unspecified atom stereocenters. The van der Waals surface area contributed by atoms with Gasteiger partial charge in [0.2, 0.25) is 0 Å². The Balaban J connectivity index is 1.23. The van der Waals surface area contributed by atoms with Crippen molar-refractivity contribution in [2.45, 2.75) is 38.2 Å². The maximum Gasteiger partial charge on any atom is 0.416 e. The fraction of sp³-hybridized carbons (Fsp3) is 0.387. The van der Waals surface area contributed by atoms with Crippen LogP contribution in [0.5, 0.6) is 0 Å². The number of alkyl halides is 3. The molecule has 1 aromatic heterocycles. The van der Waals surface area contributed by atoms with Crippen molar-refractivity contribution >= 4 is 17.7 Å². The molecule has 2 amide bonds. The Labute approximate surface area is 247 Å². The van der Waals surface area contributed by atoms with Gasteiger partial charge in [0.15, 0.2) is 0 Å². The average molecular weight is 598 g/mol. The van der Waals surface area contributed by atoms with Crippen LogP contribution in [0.1, 0.15) is 46.4 Å². The summed E-state index contributed by atoms with van der Waals surface area (Å²) in [6.45, 7) is 6.99. The number of pyridine rings is 1. The number of benzene rings is 2. The summed E-state index contributed by atoms with van der Waals surface area (Å²) in [5, 5.41) is 14.1. The number of hydrogen-bond donors (Lipinski definition) is 3. The summed E-state index contributed by atoms with van der Waals surface area (Å²) in [7, 11) is 0. The van der Waals surface area contributed by atoms with Crippen molar-refractivity contribution in [3.8, 4) is 11.1 Å². The maximum atomic E-state index is 13.4. The van der Waals surface area contributed by atoms with Crippen molar-refractivity contribution in [3.05, 3.63) is 83.2 Å². The molecule has 43 heavy (non-hydrogen) atoms. The summed E-state index contributed by atoms with van der Waals surface area (Å²) in [5.74, 6) is -0.286. The van der Waals surface area contributed by atoms with Gasteiger partial charge in [-0.15, -0.1) is 0 Å². The maximum absolute atomic E-state index is 13.4. The van der Waals surface area contributed by atoms with Gasteiger partial charge >= 0.3 is 12.3 Å². The van der Waals surface area contributed by atoms with Gasteiger partial charge in [0.25, 0.3) is 5.91 Å². The molecule has 2 aromatic carbocycles. The second kappa shape index (κ2) is 13.0. The highest BCUT2D eigenvalue weighted by Crippen LogP contribution is 2.34. The third-order valence-electron chi connectivity index (χ3n) is 7.92. The summed E-state index contributed by atoms with van der Waals surface area (Å²) in [5.41, 5.74) is 2.42. The molecule has 2 atom stereocenters. The number of carbonyl (C=O) groups excluding carboxylic acids is 1. The van der Waals surface area contributed by atoms with Gasteiger partial charge in [0.05, 0.1) is 35.2 Å². The number of ether oxygens (including phenoxy) is 1. The summed E-state index contributed by atoms with van der Waals surface area (Å²) in [6, 6.07) is 11.5. The highest BCUT2D eigenvalue weighted by atomic mass is 19.4. The lowest BCUT2D eigenvalue weighted by Crippen LogP contribution is -2.50. The molecule has 3 N–H and O–H groups in total. The van der Waals surface area contributed by atoms with Gasteiger partial charge in [-0.25, -0.2) is 4.79 Å². The lowest BCUT2D eigenvalue weighted by atomic mass is 9.95. The first-order chi connectivity index (χ1) is 20.6. The topological polar surface area (TPSA) is 107 Å². The highest BCUT2D eigenvalue weighted by Gasteiger charge is 2.31. The summed E-state index contributed by atoms with van der Waals surface area (Å²) >= 11 is 0. The molecule has 0 aliphatic carbocycles. The Hall–Kier alpha value is -4.16. The van der Waals surface area contributed by atoms with Crippen LogP contribution in [-0.2, 0) is 17.5 Å². The van der Waals surface area contributed by atoms with E-state index in [1.807, 2.05) is 13.0 Å². The average Bonchev–Trinajstić information content (AvgIpc) is 2.97. The molecule has 0 spiro atoms. The first-order valence-corrected chi connectivity index (χ1v) is 14.2. The number of halogens is 3. The van der Waals surface area contributed by atoms with E-state index in [4.69, 9.17) is 9.84 Å². The van der Waals surface area contributed by atoms with Crippen molar-refractivity contribution in [1.82, 2.24) is 20.5 Å². The van der Waals surface area contributed by atoms with Crippen LogP contribution in [0.4, 0.5) is 23.7 Å². The van der Waals surface area contributed by atoms with E-state index in [0.717, 1.165) is 69.1 Å². The Bertz CT molecular complexity index is 1440. The standard InChI is InChI=1S/C31H34F3N5O4/c1-20(21-2-4-22(5-3-21)28-15-25(31(32,33)34)7-6-23(28)17-36-30(41)42)37-29(40)24-14-26(18-35-16-24)39-11-9-38(10-12-39)19-27-8-13-43-27/h2-7,14-16,18,20,27,36H,8-13,17,19H2,1H3,(H,37,40)(H,41,42)/t20-,27-/m1/s1. The van der Waals surface area contributed by atoms with Gasteiger partial charge < -0.3 is 25.4 Å².